The van der Waals surface area contributed by atoms with Crippen LogP contribution in [0.4, 0.5) is 0 Å². The molecule has 1 atom stereocenters. The summed E-state index contributed by atoms with van der Waals surface area (Å²) in [4.78, 5) is 0. The molecule has 0 bridgehead atoms. The Morgan fingerprint density at radius 3 is 2.46 bits per heavy atom. The van der Waals surface area contributed by atoms with Gasteiger partial charge in [-0.05, 0) is 45.6 Å². The third kappa shape index (κ3) is 4.10. The Morgan fingerprint density at radius 2 is 1.92 bits per heavy atom. The van der Waals surface area contributed by atoms with E-state index in [0.717, 1.165) is 12.5 Å². The highest BCUT2D eigenvalue weighted by atomic mass is 16.5. The van der Waals surface area contributed by atoms with Crippen LogP contribution >= 0.6 is 0 Å². The molecular formula is C11H23NO. The lowest BCUT2D eigenvalue weighted by Crippen LogP contribution is -2.30. The molecule has 13 heavy (non-hydrogen) atoms. The lowest BCUT2D eigenvalue weighted by molar-refractivity contribution is -0.0251. The first-order valence-corrected chi connectivity index (χ1v) is 5.52. The molecule has 1 aliphatic carbocycles. The predicted molar refractivity (Wildman–Crippen MR) is 55.9 cm³/mol. The Balaban J connectivity index is 2.14. The summed E-state index contributed by atoms with van der Waals surface area (Å²) in [6.45, 7) is 5.45. The summed E-state index contributed by atoms with van der Waals surface area (Å²) in [5.41, 5.74) is 0. The number of rotatable bonds is 4. The largest absolute Gasteiger partial charge is 0.374 e. The number of hydrogen-bond donors (Lipinski definition) is 1. The average Bonchev–Trinajstić information content (AvgIpc) is 2.09. The van der Waals surface area contributed by atoms with Crippen molar-refractivity contribution in [3.63, 3.8) is 0 Å². The Hall–Kier alpha value is -0.0800. The summed E-state index contributed by atoms with van der Waals surface area (Å²) >= 11 is 0. The van der Waals surface area contributed by atoms with Crippen molar-refractivity contribution in [2.75, 3.05) is 13.6 Å². The van der Waals surface area contributed by atoms with Crippen LogP contribution < -0.4 is 5.32 Å². The van der Waals surface area contributed by atoms with Crippen molar-refractivity contribution < 1.29 is 4.74 Å². The summed E-state index contributed by atoms with van der Waals surface area (Å²) in [7, 11) is 1.98. The molecule has 0 spiro atoms. The zero-order valence-electron chi connectivity index (χ0n) is 9.18. The first kappa shape index (κ1) is 11.0. The van der Waals surface area contributed by atoms with Crippen LogP contribution in [-0.2, 0) is 4.74 Å². The minimum Gasteiger partial charge on any atom is -0.374 e. The minimum absolute atomic E-state index is 0.364. The maximum absolute atomic E-state index is 5.92. The van der Waals surface area contributed by atoms with Gasteiger partial charge in [0.1, 0.15) is 0 Å². The van der Waals surface area contributed by atoms with Gasteiger partial charge in [0.2, 0.25) is 0 Å². The summed E-state index contributed by atoms with van der Waals surface area (Å²) in [5.74, 6) is 0.916. The van der Waals surface area contributed by atoms with E-state index in [1.165, 1.54) is 25.7 Å². The van der Waals surface area contributed by atoms with E-state index >= 15 is 0 Å². The molecule has 1 unspecified atom stereocenters. The van der Waals surface area contributed by atoms with Gasteiger partial charge in [-0.2, -0.15) is 0 Å². The Labute approximate surface area is 82.0 Å². The van der Waals surface area contributed by atoms with Gasteiger partial charge in [-0.3, -0.25) is 0 Å². The first-order chi connectivity index (χ1) is 6.22. The van der Waals surface area contributed by atoms with Gasteiger partial charge in [-0.25, -0.2) is 0 Å². The molecule has 0 heterocycles. The Morgan fingerprint density at radius 1 is 1.31 bits per heavy atom. The second-order valence-electron chi connectivity index (χ2n) is 4.39. The maximum atomic E-state index is 5.92. The van der Waals surface area contributed by atoms with Crippen LogP contribution in [0.1, 0.15) is 39.5 Å². The van der Waals surface area contributed by atoms with Crippen molar-refractivity contribution in [2.45, 2.75) is 51.7 Å². The van der Waals surface area contributed by atoms with E-state index in [2.05, 4.69) is 19.2 Å². The Bertz CT molecular complexity index is 130. The van der Waals surface area contributed by atoms with Crippen molar-refractivity contribution in [2.24, 2.45) is 5.92 Å². The molecular weight excluding hydrogens is 162 g/mol. The predicted octanol–water partition coefficient (Wildman–Crippen LogP) is 2.19. The topological polar surface area (TPSA) is 21.3 Å². The van der Waals surface area contributed by atoms with Crippen LogP contribution in [0.15, 0.2) is 0 Å². The van der Waals surface area contributed by atoms with Gasteiger partial charge in [0, 0.05) is 6.54 Å². The van der Waals surface area contributed by atoms with E-state index in [1.54, 1.807) is 0 Å². The Kier molecular flexibility index (Phi) is 4.74. The van der Waals surface area contributed by atoms with Crippen LogP contribution in [0.2, 0.25) is 0 Å². The molecule has 78 valence electrons. The van der Waals surface area contributed by atoms with E-state index in [1.807, 2.05) is 7.05 Å². The highest BCUT2D eigenvalue weighted by Crippen LogP contribution is 2.26. The summed E-state index contributed by atoms with van der Waals surface area (Å²) in [5, 5.41) is 3.14. The van der Waals surface area contributed by atoms with Gasteiger partial charge in [-0.1, -0.05) is 6.92 Å². The van der Waals surface area contributed by atoms with E-state index in [0.29, 0.717) is 12.2 Å². The van der Waals surface area contributed by atoms with Crippen molar-refractivity contribution in [1.82, 2.24) is 5.32 Å². The smallest absolute Gasteiger partial charge is 0.0674 e. The fraction of sp³-hybridized carbons (Fsp3) is 1.00. The van der Waals surface area contributed by atoms with E-state index in [-0.39, 0.29) is 0 Å². The van der Waals surface area contributed by atoms with Crippen molar-refractivity contribution >= 4 is 0 Å². The zero-order valence-corrected chi connectivity index (χ0v) is 9.18. The molecule has 0 saturated heterocycles. The van der Waals surface area contributed by atoms with Crippen molar-refractivity contribution in [3.8, 4) is 0 Å². The monoisotopic (exact) mass is 185 g/mol. The fourth-order valence-electron chi connectivity index (χ4n) is 2.03. The molecule has 0 aromatic carbocycles. The van der Waals surface area contributed by atoms with Gasteiger partial charge in [0.05, 0.1) is 12.2 Å². The number of ether oxygens (including phenoxy) is 1. The number of nitrogens with one attached hydrogen (secondary N) is 1. The molecule has 1 aliphatic rings. The van der Waals surface area contributed by atoms with Gasteiger partial charge in [0.15, 0.2) is 0 Å². The van der Waals surface area contributed by atoms with Crippen LogP contribution in [-0.4, -0.2) is 25.8 Å². The number of likely N-dealkylation sites (N-methyl/N-ethyl adjacent to an activating group) is 1. The maximum Gasteiger partial charge on any atom is 0.0674 e. The summed E-state index contributed by atoms with van der Waals surface area (Å²) in [6, 6.07) is 0. The summed E-state index contributed by atoms with van der Waals surface area (Å²) in [6.07, 6.45) is 6.10. The molecule has 0 aliphatic heterocycles. The van der Waals surface area contributed by atoms with Crippen LogP contribution in [0, 0.1) is 5.92 Å². The van der Waals surface area contributed by atoms with Gasteiger partial charge < -0.3 is 10.1 Å². The molecule has 0 aromatic heterocycles. The highest BCUT2D eigenvalue weighted by Gasteiger charge is 2.19. The quantitative estimate of drug-likeness (QED) is 0.725. The molecule has 2 heteroatoms. The van der Waals surface area contributed by atoms with Crippen LogP contribution in [0.3, 0.4) is 0 Å². The molecule has 1 fully saturated rings. The fourth-order valence-corrected chi connectivity index (χ4v) is 2.03. The molecule has 2 nitrogen and oxygen atoms in total. The van der Waals surface area contributed by atoms with E-state index in [9.17, 15) is 0 Å². The molecule has 0 amide bonds. The normalized spacial score (nSPS) is 31.6. The van der Waals surface area contributed by atoms with E-state index < -0.39 is 0 Å². The standard InChI is InChI=1S/C11H23NO/c1-9-4-6-11(7-5-9)13-10(2)8-12-3/h9-12H,4-8H2,1-3H3. The van der Waals surface area contributed by atoms with E-state index in [4.69, 9.17) is 4.74 Å². The molecule has 1 rings (SSSR count). The first-order valence-electron chi connectivity index (χ1n) is 5.52. The van der Waals surface area contributed by atoms with Gasteiger partial charge >= 0.3 is 0 Å². The third-order valence-electron chi connectivity index (χ3n) is 2.88. The van der Waals surface area contributed by atoms with Gasteiger partial charge in [0.25, 0.3) is 0 Å². The second kappa shape index (κ2) is 5.61. The van der Waals surface area contributed by atoms with Crippen molar-refractivity contribution in [1.29, 1.82) is 0 Å². The number of hydrogen-bond acceptors (Lipinski definition) is 2. The molecule has 0 aromatic rings. The molecule has 1 N–H and O–H groups in total. The second-order valence-corrected chi connectivity index (χ2v) is 4.39. The third-order valence-corrected chi connectivity index (χ3v) is 2.88. The highest BCUT2D eigenvalue weighted by molar-refractivity contribution is 4.71. The van der Waals surface area contributed by atoms with Crippen LogP contribution in [0.5, 0.6) is 0 Å². The zero-order chi connectivity index (χ0) is 9.68. The molecule has 0 radical (unpaired) electrons. The summed E-state index contributed by atoms with van der Waals surface area (Å²) < 4.78 is 5.92. The average molecular weight is 185 g/mol. The van der Waals surface area contributed by atoms with Gasteiger partial charge in [-0.15, -0.1) is 0 Å². The SMILES string of the molecule is CNCC(C)OC1CCC(C)CC1. The lowest BCUT2D eigenvalue weighted by atomic mass is 9.89. The lowest BCUT2D eigenvalue weighted by Gasteiger charge is -2.28. The minimum atomic E-state index is 0.364. The van der Waals surface area contributed by atoms with Crippen LogP contribution in [0.25, 0.3) is 0 Å². The van der Waals surface area contributed by atoms with Crippen molar-refractivity contribution in [3.05, 3.63) is 0 Å². The molecule has 1 saturated carbocycles.